The highest BCUT2D eigenvalue weighted by molar-refractivity contribution is 6.35. The number of hydrogen-bond acceptors (Lipinski definition) is 8. The molecule has 0 saturated carbocycles. The number of hydrogen-bond donors (Lipinski definition) is 2. The van der Waals surface area contributed by atoms with Crippen molar-refractivity contribution in [2.75, 3.05) is 43.9 Å². The second-order valence-corrected chi connectivity index (χ2v) is 11.6. The maximum Gasteiger partial charge on any atom is 0.319 e. The lowest BCUT2D eigenvalue weighted by Crippen LogP contribution is -2.51. The van der Waals surface area contributed by atoms with Crippen LogP contribution in [-0.4, -0.2) is 77.4 Å². The van der Waals surface area contributed by atoms with Crippen LogP contribution < -0.4 is 20.7 Å². The Kier molecular flexibility index (Phi) is 6.36. The van der Waals surface area contributed by atoms with Crippen molar-refractivity contribution in [1.29, 1.82) is 0 Å². The predicted octanol–water partition coefficient (Wildman–Crippen LogP) is 4.58. The van der Waals surface area contributed by atoms with Crippen LogP contribution in [0.4, 0.5) is 20.4 Å². The number of anilines is 2. The van der Waals surface area contributed by atoms with Crippen molar-refractivity contribution in [3.05, 3.63) is 47.2 Å². The fraction of sp³-hybridized carbons (Fsp3) is 0.414. The standard InChI is InChI=1S/C29H30ClF2N7O/c1-38-11-16(31)9-19(38)14-40-29-36-27-21(28(37-29)39-12-17-6-7-18(13-39)34-17)10-22(30)24(25(27)32)20-4-2-3-15-5-8-23(33)35-26(15)20/h2-5,8,10,16-19,34H,6-7,9,11-14H2,1H3,(H2,33,35)/t16-,17?,18?,19+/m1/s1. The Labute approximate surface area is 235 Å². The van der Waals surface area contributed by atoms with Gasteiger partial charge in [-0.15, -0.1) is 0 Å². The summed E-state index contributed by atoms with van der Waals surface area (Å²) in [4.78, 5) is 17.9. The molecular weight excluding hydrogens is 536 g/mol. The summed E-state index contributed by atoms with van der Waals surface area (Å²) in [5, 5.41) is 5.20. The molecular formula is C29H30ClF2N7O. The van der Waals surface area contributed by atoms with Crippen molar-refractivity contribution in [1.82, 2.24) is 25.2 Å². The van der Waals surface area contributed by atoms with Crippen LogP contribution in [0.3, 0.4) is 0 Å². The van der Waals surface area contributed by atoms with Gasteiger partial charge in [0.25, 0.3) is 0 Å². The number of nitrogen functional groups attached to an aromatic ring is 1. The number of halogens is 3. The van der Waals surface area contributed by atoms with Gasteiger partial charge in [0, 0.05) is 59.7 Å². The molecule has 208 valence electrons. The molecule has 4 atom stereocenters. The number of piperazine rings is 1. The van der Waals surface area contributed by atoms with Crippen LogP contribution in [-0.2, 0) is 0 Å². The molecule has 40 heavy (non-hydrogen) atoms. The second-order valence-electron chi connectivity index (χ2n) is 11.2. The van der Waals surface area contributed by atoms with E-state index >= 15 is 4.39 Å². The number of fused-ring (bicyclic) bond motifs is 4. The van der Waals surface area contributed by atoms with E-state index in [4.69, 9.17) is 27.1 Å². The predicted molar refractivity (Wildman–Crippen MR) is 153 cm³/mol. The number of nitrogens with one attached hydrogen (secondary N) is 1. The molecule has 0 spiro atoms. The van der Waals surface area contributed by atoms with Crippen molar-refractivity contribution in [2.45, 2.75) is 43.6 Å². The zero-order valence-electron chi connectivity index (χ0n) is 22.1. The molecule has 3 saturated heterocycles. The normalized spacial score (nSPS) is 24.9. The number of nitrogens with two attached hydrogens (primary N) is 1. The van der Waals surface area contributed by atoms with Crippen LogP contribution in [0.1, 0.15) is 19.3 Å². The van der Waals surface area contributed by atoms with E-state index in [0.717, 1.165) is 31.3 Å². The fourth-order valence-corrected chi connectivity index (χ4v) is 6.72. The van der Waals surface area contributed by atoms with E-state index in [9.17, 15) is 4.39 Å². The first-order valence-corrected chi connectivity index (χ1v) is 14.1. The van der Waals surface area contributed by atoms with Gasteiger partial charge in [-0.1, -0.05) is 29.8 Å². The van der Waals surface area contributed by atoms with E-state index in [0.29, 0.717) is 53.2 Å². The number of pyridine rings is 1. The molecule has 0 amide bonds. The number of aromatic nitrogens is 3. The third-order valence-electron chi connectivity index (χ3n) is 8.41. The highest BCUT2D eigenvalue weighted by Gasteiger charge is 2.35. The second kappa shape index (κ2) is 9.94. The molecule has 2 aromatic carbocycles. The quantitative estimate of drug-likeness (QED) is 0.363. The average molecular weight is 566 g/mol. The third kappa shape index (κ3) is 4.48. The van der Waals surface area contributed by atoms with Crippen molar-refractivity contribution in [2.24, 2.45) is 0 Å². The molecule has 7 rings (SSSR count). The topological polar surface area (TPSA) is 92.4 Å². The van der Waals surface area contributed by atoms with Crippen molar-refractivity contribution < 1.29 is 13.5 Å². The highest BCUT2D eigenvalue weighted by Crippen LogP contribution is 2.41. The minimum absolute atomic E-state index is 0.0662. The van der Waals surface area contributed by atoms with Gasteiger partial charge < -0.3 is 20.7 Å². The van der Waals surface area contributed by atoms with Crippen LogP contribution in [0.25, 0.3) is 32.9 Å². The van der Waals surface area contributed by atoms with Crippen LogP contribution in [0.15, 0.2) is 36.4 Å². The molecule has 2 aromatic heterocycles. The molecule has 0 aliphatic carbocycles. The van der Waals surface area contributed by atoms with Gasteiger partial charge in [0.15, 0.2) is 5.82 Å². The van der Waals surface area contributed by atoms with Gasteiger partial charge in [-0.25, -0.2) is 13.8 Å². The highest BCUT2D eigenvalue weighted by atomic mass is 35.5. The SMILES string of the molecule is CN1C[C@H](F)C[C@H]1COc1nc(N2CC3CCC(C2)N3)c2cc(Cl)c(-c3cccc4ccc(N)nc34)c(F)c2n1. The van der Waals surface area contributed by atoms with Crippen molar-refractivity contribution >= 4 is 45.0 Å². The number of likely N-dealkylation sites (tertiary alicyclic amines) is 1. The maximum absolute atomic E-state index is 16.6. The van der Waals surface area contributed by atoms with Gasteiger partial charge in [0.1, 0.15) is 29.9 Å². The Morgan fingerprint density at radius 1 is 1.07 bits per heavy atom. The number of rotatable bonds is 5. The molecule has 3 N–H and O–H groups in total. The maximum atomic E-state index is 16.6. The third-order valence-corrected chi connectivity index (χ3v) is 8.71. The minimum atomic E-state index is -0.895. The summed E-state index contributed by atoms with van der Waals surface area (Å²) < 4.78 is 36.6. The Morgan fingerprint density at radius 3 is 2.62 bits per heavy atom. The molecule has 4 aromatic rings. The number of nitrogens with zero attached hydrogens (tertiary/aromatic N) is 5. The number of benzene rings is 2. The van der Waals surface area contributed by atoms with Crippen molar-refractivity contribution in [3.8, 4) is 17.1 Å². The van der Waals surface area contributed by atoms with Gasteiger partial charge in [-0.3, -0.25) is 4.90 Å². The first-order valence-electron chi connectivity index (χ1n) is 13.7. The van der Waals surface area contributed by atoms with E-state index < -0.39 is 12.0 Å². The lowest BCUT2D eigenvalue weighted by Gasteiger charge is -2.34. The van der Waals surface area contributed by atoms with E-state index in [1.165, 1.54) is 0 Å². The Hall–Kier alpha value is -3.34. The van der Waals surface area contributed by atoms with Gasteiger partial charge in [0.2, 0.25) is 0 Å². The zero-order chi connectivity index (χ0) is 27.5. The number of ether oxygens (including phenoxy) is 1. The summed E-state index contributed by atoms with van der Waals surface area (Å²) in [7, 11) is 1.87. The molecule has 5 heterocycles. The summed E-state index contributed by atoms with van der Waals surface area (Å²) >= 11 is 6.82. The van der Waals surface area contributed by atoms with Crippen molar-refractivity contribution in [3.63, 3.8) is 0 Å². The van der Waals surface area contributed by atoms with Crippen LogP contribution >= 0.6 is 11.6 Å². The molecule has 11 heteroatoms. The zero-order valence-corrected chi connectivity index (χ0v) is 22.8. The number of para-hydroxylation sites is 1. The van der Waals surface area contributed by atoms with Gasteiger partial charge in [0.05, 0.1) is 10.5 Å². The summed E-state index contributed by atoms with van der Waals surface area (Å²) in [5.74, 6) is 0.347. The van der Waals surface area contributed by atoms with E-state index in [1.807, 2.05) is 30.1 Å². The molecule has 2 unspecified atom stereocenters. The largest absolute Gasteiger partial charge is 0.462 e. The molecule has 3 aliphatic rings. The lowest BCUT2D eigenvalue weighted by molar-refractivity contribution is 0.188. The molecule has 3 aliphatic heterocycles. The summed E-state index contributed by atoms with van der Waals surface area (Å²) in [5.41, 5.74) is 7.38. The first-order chi connectivity index (χ1) is 19.3. The van der Waals surface area contributed by atoms with E-state index in [2.05, 4.69) is 20.2 Å². The Morgan fingerprint density at radius 2 is 1.88 bits per heavy atom. The smallest absolute Gasteiger partial charge is 0.319 e. The number of alkyl halides is 1. The van der Waals surface area contributed by atoms with Gasteiger partial charge >= 0.3 is 6.01 Å². The van der Waals surface area contributed by atoms with Gasteiger partial charge in [-0.2, -0.15) is 9.97 Å². The lowest BCUT2D eigenvalue weighted by atomic mass is 9.99. The summed E-state index contributed by atoms with van der Waals surface area (Å²) in [6.45, 7) is 2.06. The van der Waals surface area contributed by atoms with E-state index in [1.54, 1.807) is 18.2 Å². The van der Waals surface area contributed by atoms with Crippen LogP contribution in [0.2, 0.25) is 5.02 Å². The molecule has 2 bridgehead atoms. The Bertz CT molecular complexity index is 1610. The van der Waals surface area contributed by atoms with Gasteiger partial charge in [-0.05, 0) is 44.5 Å². The Balaban J connectivity index is 1.37. The minimum Gasteiger partial charge on any atom is -0.462 e. The monoisotopic (exact) mass is 565 g/mol. The summed E-state index contributed by atoms with van der Waals surface area (Å²) in [6.07, 6.45) is 1.65. The first kappa shape index (κ1) is 25.6. The average Bonchev–Trinajstić information content (AvgIpc) is 3.45. The molecule has 8 nitrogen and oxygen atoms in total. The number of likely N-dealkylation sites (N-methyl/N-ethyl adjacent to an activating group) is 1. The van der Waals surface area contributed by atoms with Crippen LogP contribution in [0.5, 0.6) is 6.01 Å². The summed E-state index contributed by atoms with van der Waals surface area (Å²) in [6, 6.07) is 11.4. The van der Waals surface area contributed by atoms with Crippen LogP contribution in [0, 0.1) is 5.82 Å². The van der Waals surface area contributed by atoms with E-state index in [-0.39, 0.29) is 34.8 Å². The molecule has 0 radical (unpaired) electrons. The fourth-order valence-electron chi connectivity index (χ4n) is 6.42. The molecule has 3 fully saturated rings.